The van der Waals surface area contributed by atoms with Gasteiger partial charge >= 0.3 is 0 Å². The summed E-state index contributed by atoms with van der Waals surface area (Å²) in [5.74, 6) is 2.41. The summed E-state index contributed by atoms with van der Waals surface area (Å²) in [4.78, 5) is 27.0. The van der Waals surface area contributed by atoms with Crippen LogP contribution in [0.5, 0.6) is 0 Å². The average Bonchev–Trinajstić information content (AvgIpc) is 3.33. The number of rotatable bonds is 4. The molecule has 26 heavy (non-hydrogen) atoms. The fraction of sp³-hybridized carbons (Fsp3) is 0.600. The third-order valence-electron chi connectivity index (χ3n) is 5.76. The molecule has 0 bridgehead atoms. The zero-order valence-electron chi connectivity index (χ0n) is 15.1. The number of fused-ring (bicyclic) bond motifs is 1. The van der Waals surface area contributed by atoms with E-state index in [-0.39, 0.29) is 29.8 Å². The number of nitrogens with one attached hydrogen (secondary N) is 2. The van der Waals surface area contributed by atoms with Crippen LogP contribution in [-0.2, 0) is 16.0 Å². The van der Waals surface area contributed by atoms with Gasteiger partial charge in [0, 0.05) is 18.7 Å². The molecule has 140 valence electrons. The van der Waals surface area contributed by atoms with E-state index in [1.807, 2.05) is 16.7 Å². The predicted octanol–water partition coefficient (Wildman–Crippen LogP) is 2.08. The van der Waals surface area contributed by atoms with Crippen LogP contribution in [-0.4, -0.2) is 47.5 Å². The standard InChI is InChI=1S/C20H27N3O2S/c24-19(22-17-7-3-5-15-4-1-2-6-16(15)17)11-14-10-18(21-12-14)20(25)23-8-9-26-13-23/h1-2,4,6,14,17-18,21H,3,5,7-13H2,(H,22,24)/t14?,17?,18-/m0/s1. The lowest BCUT2D eigenvalue weighted by atomic mass is 9.87. The first-order chi connectivity index (χ1) is 12.7. The van der Waals surface area contributed by atoms with Crippen LogP contribution in [0.15, 0.2) is 24.3 Å². The largest absolute Gasteiger partial charge is 0.349 e. The number of carbonyl (C=O) groups is 2. The Labute approximate surface area is 159 Å². The summed E-state index contributed by atoms with van der Waals surface area (Å²) in [7, 11) is 0. The van der Waals surface area contributed by atoms with Gasteiger partial charge in [-0.25, -0.2) is 0 Å². The monoisotopic (exact) mass is 373 g/mol. The molecule has 0 radical (unpaired) electrons. The molecule has 6 heteroatoms. The molecular weight excluding hydrogens is 346 g/mol. The highest BCUT2D eigenvalue weighted by Crippen LogP contribution is 2.30. The van der Waals surface area contributed by atoms with Gasteiger partial charge in [0.1, 0.15) is 0 Å². The van der Waals surface area contributed by atoms with E-state index < -0.39 is 0 Å². The topological polar surface area (TPSA) is 61.4 Å². The van der Waals surface area contributed by atoms with Gasteiger partial charge in [-0.1, -0.05) is 24.3 Å². The Morgan fingerprint density at radius 1 is 1.31 bits per heavy atom. The van der Waals surface area contributed by atoms with Gasteiger partial charge in [0.25, 0.3) is 0 Å². The van der Waals surface area contributed by atoms with Crippen molar-refractivity contribution in [2.45, 2.75) is 44.2 Å². The van der Waals surface area contributed by atoms with Crippen LogP contribution >= 0.6 is 11.8 Å². The van der Waals surface area contributed by atoms with Crippen molar-refractivity contribution in [3.8, 4) is 0 Å². The van der Waals surface area contributed by atoms with E-state index in [0.717, 1.165) is 50.4 Å². The summed E-state index contributed by atoms with van der Waals surface area (Å²) in [5.41, 5.74) is 2.64. The van der Waals surface area contributed by atoms with Gasteiger partial charge in [0.2, 0.25) is 11.8 Å². The highest BCUT2D eigenvalue weighted by molar-refractivity contribution is 7.99. The summed E-state index contributed by atoms with van der Waals surface area (Å²) in [6.45, 7) is 1.61. The number of aryl methyl sites for hydroxylation is 1. The van der Waals surface area contributed by atoms with Crippen molar-refractivity contribution in [2.75, 3.05) is 24.7 Å². The first-order valence-electron chi connectivity index (χ1n) is 9.68. The van der Waals surface area contributed by atoms with Crippen molar-refractivity contribution in [3.63, 3.8) is 0 Å². The number of hydrogen-bond donors (Lipinski definition) is 2. The molecule has 2 heterocycles. The van der Waals surface area contributed by atoms with E-state index in [0.29, 0.717) is 6.42 Å². The first kappa shape index (κ1) is 17.9. The minimum Gasteiger partial charge on any atom is -0.349 e. The van der Waals surface area contributed by atoms with E-state index in [2.05, 4.69) is 34.9 Å². The van der Waals surface area contributed by atoms with E-state index in [4.69, 9.17) is 0 Å². The van der Waals surface area contributed by atoms with Gasteiger partial charge in [-0.05, 0) is 49.3 Å². The van der Waals surface area contributed by atoms with E-state index >= 15 is 0 Å². The summed E-state index contributed by atoms with van der Waals surface area (Å²) < 4.78 is 0. The Morgan fingerprint density at radius 2 is 2.19 bits per heavy atom. The second-order valence-electron chi connectivity index (χ2n) is 7.62. The molecule has 3 aliphatic rings. The Kier molecular flexibility index (Phi) is 5.50. The van der Waals surface area contributed by atoms with E-state index in [1.165, 1.54) is 11.1 Å². The summed E-state index contributed by atoms with van der Waals surface area (Å²) in [5, 5.41) is 6.56. The fourth-order valence-electron chi connectivity index (χ4n) is 4.38. The lowest BCUT2D eigenvalue weighted by molar-refractivity contribution is -0.131. The Hall–Kier alpha value is -1.53. The molecule has 2 amide bonds. The van der Waals surface area contributed by atoms with Crippen molar-refractivity contribution in [1.82, 2.24) is 15.5 Å². The van der Waals surface area contributed by atoms with Crippen molar-refractivity contribution in [1.29, 1.82) is 0 Å². The van der Waals surface area contributed by atoms with E-state index in [9.17, 15) is 9.59 Å². The maximum Gasteiger partial charge on any atom is 0.240 e. The Balaban J connectivity index is 1.29. The highest BCUT2D eigenvalue weighted by atomic mass is 32.2. The molecule has 1 aromatic carbocycles. The van der Waals surface area contributed by atoms with Crippen molar-refractivity contribution in [2.24, 2.45) is 5.92 Å². The molecule has 2 unspecified atom stereocenters. The number of hydrogen-bond acceptors (Lipinski definition) is 4. The number of thioether (sulfide) groups is 1. The normalized spacial score (nSPS) is 28.0. The molecule has 0 saturated carbocycles. The number of carbonyl (C=O) groups excluding carboxylic acids is 2. The van der Waals surface area contributed by atoms with Crippen LogP contribution in [0.3, 0.4) is 0 Å². The maximum absolute atomic E-state index is 12.6. The number of nitrogens with zero attached hydrogens (tertiary/aromatic N) is 1. The lowest BCUT2D eigenvalue weighted by Crippen LogP contribution is -2.42. The molecule has 2 fully saturated rings. The second kappa shape index (κ2) is 8.01. The molecule has 1 aliphatic carbocycles. The maximum atomic E-state index is 12.6. The van der Waals surface area contributed by atoms with Crippen molar-refractivity contribution in [3.05, 3.63) is 35.4 Å². The first-order valence-corrected chi connectivity index (χ1v) is 10.8. The van der Waals surface area contributed by atoms with Gasteiger partial charge in [0.05, 0.1) is 18.0 Å². The molecule has 2 N–H and O–H groups in total. The van der Waals surface area contributed by atoms with Crippen LogP contribution in [0.1, 0.15) is 42.9 Å². The second-order valence-corrected chi connectivity index (χ2v) is 8.69. The minimum atomic E-state index is -0.109. The van der Waals surface area contributed by atoms with Gasteiger partial charge in [-0.15, -0.1) is 11.8 Å². The van der Waals surface area contributed by atoms with Crippen LogP contribution < -0.4 is 10.6 Å². The number of amides is 2. The van der Waals surface area contributed by atoms with Gasteiger partial charge in [-0.2, -0.15) is 0 Å². The smallest absolute Gasteiger partial charge is 0.240 e. The predicted molar refractivity (Wildman–Crippen MR) is 104 cm³/mol. The Bertz CT molecular complexity index is 675. The third kappa shape index (κ3) is 3.91. The number of benzene rings is 1. The molecular formula is C20H27N3O2S. The molecule has 3 atom stereocenters. The van der Waals surface area contributed by atoms with Crippen molar-refractivity contribution < 1.29 is 9.59 Å². The minimum absolute atomic E-state index is 0.109. The summed E-state index contributed by atoms with van der Waals surface area (Å²) in [6.07, 6.45) is 4.52. The molecule has 1 aromatic rings. The fourth-order valence-corrected chi connectivity index (χ4v) is 5.34. The molecule has 5 nitrogen and oxygen atoms in total. The SMILES string of the molecule is O=C(CC1CN[C@H](C(=O)N2CCSC2)C1)NC1CCCc2ccccc21. The zero-order chi connectivity index (χ0) is 17.9. The Morgan fingerprint density at radius 3 is 3.04 bits per heavy atom. The van der Waals surface area contributed by atoms with E-state index in [1.54, 1.807) is 0 Å². The van der Waals surface area contributed by atoms with Crippen LogP contribution in [0.4, 0.5) is 0 Å². The molecule has 2 aliphatic heterocycles. The zero-order valence-corrected chi connectivity index (χ0v) is 15.9. The summed E-state index contributed by atoms with van der Waals surface area (Å²) >= 11 is 1.81. The van der Waals surface area contributed by atoms with Crippen LogP contribution in [0.25, 0.3) is 0 Å². The summed E-state index contributed by atoms with van der Waals surface area (Å²) in [6, 6.07) is 8.46. The third-order valence-corrected chi connectivity index (χ3v) is 6.73. The van der Waals surface area contributed by atoms with Crippen LogP contribution in [0.2, 0.25) is 0 Å². The quantitative estimate of drug-likeness (QED) is 0.848. The molecule has 0 spiro atoms. The van der Waals surface area contributed by atoms with Gasteiger partial charge < -0.3 is 15.5 Å². The lowest BCUT2D eigenvalue weighted by Gasteiger charge is -2.26. The van der Waals surface area contributed by atoms with Crippen LogP contribution in [0, 0.1) is 5.92 Å². The van der Waals surface area contributed by atoms with Crippen molar-refractivity contribution >= 4 is 23.6 Å². The average molecular weight is 374 g/mol. The molecule has 0 aromatic heterocycles. The molecule has 2 saturated heterocycles. The van der Waals surface area contributed by atoms with Gasteiger partial charge in [0.15, 0.2) is 0 Å². The highest BCUT2D eigenvalue weighted by Gasteiger charge is 2.34. The van der Waals surface area contributed by atoms with Gasteiger partial charge in [-0.3, -0.25) is 9.59 Å². The molecule has 4 rings (SSSR count).